The third-order valence-corrected chi connectivity index (χ3v) is 6.04. The first-order valence-corrected chi connectivity index (χ1v) is 10.4. The minimum atomic E-state index is 0.102. The summed E-state index contributed by atoms with van der Waals surface area (Å²) in [4.78, 5) is 4.67. The maximum absolute atomic E-state index is 9.17. The molecule has 146 valence electrons. The zero-order chi connectivity index (χ0) is 19.8. The van der Waals surface area contributed by atoms with Gasteiger partial charge in [0.25, 0.3) is 0 Å². The number of rotatable bonds is 5. The summed E-state index contributed by atoms with van der Waals surface area (Å²) in [5, 5.41) is 14.3. The highest BCUT2D eigenvalue weighted by molar-refractivity contribution is 6.32. The SMILES string of the molecule is N#CC1CC=C(c2nccn3ncc(-c4ccc(OCC5CC5)c(Cl)c4)c23)CC1. The molecule has 1 unspecified atom stereocenters. The molecule has 5 rings (SSSR count). The van der Waals surface area contributed by atoms with E-state index >= 15 is 0 Å². The molecule has 6 heteroatoms. The molecule has 29 heavy (non-hydrogen) atoms. The molecule has 0 saturated heterocycles. The molecule has 0 spiro atoms. The number of allylic oxidation sites excluding steroid dienone is 2. The van der Waals surface area contributed by atoms with Gasteiger partial charge in [0.05, 0.1) is 41.0 Å². The lowest BCUT2D eigenvalue weighted by Crippen LogP contribution is -2.05. The first-order valence-electron chi connectivity index (χ1n) is 10.1. The summed E-state index contributed by atoms with van der Waals surface area (Å²) in [7, 11) is 0. The number of benzene rings is 1. The molecule has 5 nitrogen and oxygen atoms in total. The van der Waals surface area contributed by atoms with E-state index in [1.54, 1.807) is 6.20 Å². The van der Waals surface area contributed by atoms with Crippen molar-refractivity contribution in [3.05, 3.63) is 53.6 Å². The molecule has 0 radical (unpaired) electrons. The molecule has 0 N–H and O–H groups in total. The molecule has 2 aromatic heterocycles. The van der Waals surface area contributed by atoms with E-state index in [1.807, 2.05) is 35.1 Å². The van der Waals surface area contributed by atoms with Gasteiger partial charge in [0.15, 0.2) is 0 Å². The highest BCUT2D eigenvalue weighted by Crippen LogP contribution is 2.37. The molecular weight excluding hydrogens is 384 g/mol. The third-order valence-electron chi connectivity index (χ3n) is 5.74. The van der Waals surface area contributed by atoms with Crippen molar-refractivity contribution in [3.8, 4) is 22.9 Å². The largest absolute Gasteiger partial charge is 0.492 e. The maximum atomic E-state index is 9.17. The minimum Gasteiger partial charge on any atom is -0.492 e. The number of nitriles is 1. The smallest absolute Gasteiger partial charge is 0.137 e. The molecule has 2 aliphatic carbocycles. The summed E-state index contributed by atoms with van der Waals surface area (Å²) in [6.07, 6.45) is 12.6. The van der Waals surface area contributed by atoms with Crippen molar-refractivity contribution in [2.75, 3.05) is 6.61 Å². The second-order valence-electron chi connectivity index (χ2n) is 7.86. The van der Waals surface area contributed by atoms with E-state index in [0.717, 1.165) is 54.0 Å². The normalized spacial score (nSPS) is 19.0. The van der Waals surface area contributed by atoms with Crippen molar-refractivity contribution in [2.24, 2.45) is 11.8 Å². The highest BCUT2D eigenvalue weighted by Gasteiger charge is 2.23. The maximum Gasteiger partial charge on any atom is 0.137 e. The molecule has 1 fully saturated rings. The molecular formula is C23H21ClN4O. The van der Waals surface area contributed by atoms with Crippen LogP contribution >= 0.6 is 11.6 Å². The predicted molar refractivity (Wildman–Crippen MR) is 113 cm³/mol. The van der Waals surface area contributed by atoms with E-state index in [9.17, 15) is 0 Å². The highest BCUT2D eigenvalue weighted by atomic mass is 35.5. The molecule has 2 heterocycles. The fraction of sp³-hybridized carbons (Fsp3) is 0.348. The van der Waals surface area contributed by atoms with E-state index in [-0.39, 0.29) is 5.92 Å². The quantitative estimate of drug-likeness (QED) is 0.559. The van der Waals surface area contributed by atoms with E-state index in [1.165, 1.54) is 18.4 Å². The Bertz CT molecular complexity index is 1140. The summed E-state index contributed by atoms with van der Waals surface area (Å²) >= 11 is 6.51. The van der Waals surface area contributed by atoms with Gasteiger partial charge in [-0.2, -0.15) is 10.4 Å². The Labute approximate surface area is 174 Å². The lowest BCUT2D eigenvalue weighted by molar-refractivity contribution is 0.300. The average molecular weight is 405 g/mol. The van der Waals surface area contributed by atoms with Gasteiger partial charge in [0, 0.05) is 18.0 Å². The lowest BCUT2D eigenvalue weighted by Gasteiger charge is -2.17. The Morgan fingerprint density at radius 1 is 1.28 bits per heavy atom. The molecule has 0 amide bonds. The second kappa shape index (κ2) is 7.53. The number of fused-ring (bicyclic) bond motifs is 1. The van der Waals surface area contributed by atoms with Crippen molar-refractivity contribution >= 4 is 22.7 Å². The van der Waals surface area contributed by atoms with E-state index in [0.29, 0.717) is 10.9 Å². The summed E-state index contributed by atoms with van der Waals surface area (Å²) in [5.41, 5.74) is 5.06. The first-order chi connectivity index (χ1) is 14.2. The second-order valence-corrected chi connectivity index (χ2v) is 8.26. The van der Waals surface area contributed by atoms with Crippen LogP contribution in [0.2, 0.25) is 5.02 Å². The van der Waals surface area contributed by atoms with Gasteiger partial charge in [0.2, 0.25) is 0 Å². The Balaban J connectivity index is 1.52. The van der Waals surface area contributed by atoms with E-state index in [4.69, 9.17) is 21.6 Å². The van der Waals surface area contributed by atoms with Crippen molar-refractivity contribution < 1.29 is 4.74 Å². The van der Waals surface area contributed by atoms with Crippen molar-refractivity contribution in [1.29, 1.82) is 5.26 Å². The van der Waals surface area contributed by atoms with Crippen LogP contribution in [0.1, 0.15) is 37.8 Å². The van der Waals surface area contributed by atoms with Crippen LogP contribution in [0.4, 0.5) is 0 Å². The third kappa shape index (κ3) is 3.61. The number of ether oxygens (including phenoxy) is 1. The fourth-order valence-corrected chi connectivity index (χ4v) is 4.07. The zero-order valence-corrected chi connectivity index (χ0v) is 16.8. The van der Waals surface area contributed by atoms with Gasteiger partial charge in [-0.3, -0.25) is 4.98 Å². The Morgan fingerprint density at radius 2 is 2.17 bits per heavy atom. The Morgan fingerprint density at radius 3 is 2.90 bits per heavy atom. The van der Waals surface area contributed by atoms with Gasteiger partial charge in [-0.25, -0.2) is 4.52 Å². The molecule has 0 bridgehead atoms. The van der Waals surface area contributed by atoms with Crippen LogP contribution in [0.5, 0.6) is 5.75 Å². The minimum absolute atomic E-state index is 0.102. The fourth-order valence-electron chi connectivity index (χ4n) is 3.83. The molecule has 1 atom stereocenters. The predicted octanol–water partition coefficient (Wildman–Crippen LogP) is 5.55. The van der Waals surface area contributed by atoms with Crippen LogP contribution in [-0.2, 0) is 0 Å². The van der Waals surface area contributed by atoms with Crippen LogP contribution in [0.25, 0.3) is 22.2 Å². The van der Waals surface area contributed by atoms with Gasteiger partial charge < -0.3 is 4.74 Å². The number of aromatic nitrogens is 3. The number of nitrogens with zero attached hydrogens (tertiary/aromatic N) is 4. The van der Waals surface area contributed by atoms with Gasteiger partial charge >= 0.3 is 0 Å². The van der Waals surface area contributed by atoms with Crippen LogP contribution in [0.3, 0.4) is 0 Å². The van der Waals surface area contributed by atoms with Crippen LogP contribution in [0, 0.1) is 23.2 Å². The molecule has 1 aromatic carbocycles. The van der Waals surface area contributed by atoms with Gasteiger partial charge in [-0.15, -0.1) is 0 Å². The standard InChI is InChI=1S/C23H21ClN4O/c24-20-11-18(7-8-21(20)29-14-16-1-2-16)19-13-27-28-10-9-26-22(23(19)28)17-5-3-15(12-25)4-6-17/h5,7-11,13,15-16H,1-4,6,14H2. The van der Waals surface area contributed by atoms with Crippen LogP contribution < -0.4 is 4.74 Å². The average Bonchev–Trinajstić information content (AvgIpc) is 3.49. The van der Waals surface area contributed by atoms with Crippen LogP contribution in [0.15, 0.2) is 42.9 Å². The zero-order valence-electron chi connectivity index (χ0n) is 16.0. The van der Waals surface area contributed by atoms with Crippen LogP contribution in [-0.4, -0.2) is 21.2 Å². The van der Waals surface area contributed by atoms with Crippen molar-refractivity contribution in [1.82, 2.24) is 14.6 Å². The summed E-state index contributed by atoms with van der Waals surface area (Å²) < 4.78 is 7.72. The van der Waals surface area contributed by atoms with Gasteiger partial charge in [0.1, 0.15) is 5.75 Å². The Kier molecular flexibility index (Phi) is 4.73. The summed E-state index contributed by atoms with van der Waals surface area (Å²) in [6, 6.07) is 8.28. The monoisotopic (exact) mass is 404 g/mol. The van der Waals surface area contributed by atoms with Crippen molar-refractivity contribution in [3.63, 3.8) is 0 Å². The number of hydrogen-bond acceptors (Lipinski definition) is 4. The topological polar surface area (TPSA) is 63.2 Å². The molecule has 3 aromatic rings. The van der Waals surface area contributed by atoms with E-state index in [2.05, 4.69) is 22.2 Å². The van der Waals surface area contributed by atoms with Gasteiger partial charge in [-0.05, 0) is 61.3 Å². The lowest BCUT2D eigenvalue weighted by atomic mass is 9.88. The number of halogens is 1. The molecule has 2 aliphatic rings. The molecule has 0 aliphatic heterocycles. The first kappa shape index (κ1) is 18.2. The Hall–Kier alpha value is -2.84. The summed E-state index contributed by atoms with van der Waals surface area (Å²) in [5.74, 6) is 1.52. The van der Waals surface area contributed by atoms with E-state index < -0.39 is 0 Å². The summed E-state index contributed by atoms with van der Waals surface area (Å²) in [6.45, 7) is 0.738. The van der Waals surface area contributed by atoms with Crippen molar-refractivity contribution in [2.45, 2.75) is 32.1 Å². The number of hydrogen-bond donors (Lipinski definition) is 0. The molecule has 1 saturated carbocycles. The van der Waals surface area contributed by atoms with Gasteiger partial charge in [-0.1, -0.05) is 23.7 Å².